The van der Waals surface area contributed by atoms with Gasteiger partial charge in [0.25, 0.3) is 0 Å². The molecular weight excluding hydrogens is 258 g/mol. The smallest absolute Gasteiger partial charge is 0.225 e. The Morgan fingerprint density at radius 2 is 2.26 bits per heavy atom. The molecule has 0 spiro atoms. The molecule has 2 rings (SSSR count). The van der Waals surface area contributed by atoms with Crippen molar-refractivity contribution < 1.29 is 9.90 Å². The summed E-state index contributed by atoms with van der Waals surface area (Å²) in [5.41, 5.74) is 1.11. The molecular formula is C15H19NO2S. The highest BCUT2D eigenvalue weighted by Crippen LogP contribution is 2.27. The van der Waals surface area contributed by atoms with Gasteiger partial charge in [0.2, 0.25) is 5.91 Å². The molecule has 1 heterocycles. The quantitative estimate of drug-likeness (QED) is 0.861. The highest BCUT2D eigenvalue weighted by atomic mass is 32.1. The summed E-state index contributed by atoms with van der Waals surface area (Å²) in [5.74, 6) is 6.03. The third-order valence-corrected chi connectivity index (χ3v) is 4.34. The van der Waals surface area contributed by atoms with Gasteiger partial charge < -0.3 is 10.0 Å². The maximum absolute atomic E-state index is 12.2. The Labute approximate surface area is 118 Å². The average Bonchev–Trinajstić information content (AvgIpc) is 3.06. The fourth-order valence-electron chi connectivity index (χ4n) is 2.49. The molecule has 0 aromatic carbocycles. The molecule has 1 fully saturated rings. The summed E-state index contributed by atoms with van der Waals surface area (Å²) in [6.45, 7) is 0.528. The summed E-state index contributed by atoms with van der Waals surface area (Å²) in [7, 11) is 1.87. The molecule has 1 saturated carbocycles. The van der Waals surface area contributed by atoms with Crippen molar-refractivity contribution >= 4 is 17.2 Å². The van der Waals surface area contributed by atoms with E-state index in [2.05, 4.69) is 11.8 Å². The zero-order valence-corrected chi connectivity index (χ0v) is 12.0. The summed E-state index contributed by atoms with van der Waals surface area (Å²) in [5, 5.41) is 10.7. The molecule has 0 atom stereocenters. The molecule has 1 N–H and O–H groups in total. The first-order valence-electron chi connectivity index (χ1n) is 6.63. The molecule has 19 heavy (non-hydrogen) atoms. The van der Waals surface area contributed by atoms with Gasteiger partial charge in [0, 0.05) is 19.5 Å². The van der Waals surface area contributed by atoms with Gasteiger partial charge in [-0.25, -0.2) is 0 Å². The number of rotatable bonds is 3. The molecule has 4 heteroatoms. The van der Waals surface area contributed by atoms with Gasteiger partial charge in [-0.2, -0.15) is 0 Å². The van der Waals surface area contributed by atoms with Crippen molar-refractivity contribution in [2.75, 3.05) is 13.7 Å². The Balaban J connectivity index is 1.92. The molecule has 1 amide bonds. The van der Waals surface area contributed by atoms with Gasteiger partial charge in [0.05, 0.1) is 4.88 Å². The minimum absolute atomic E-state index is 0.118. The second-order valence-electron chi connectivity index (χ2n) is 4.95. The van der Waals surface area contributed by atoms with E-state index in [4.69, 9.17) is 5.11 Å². The van der Waals surface area contributed by atoms with Gasteiger partial charge >= 0.3 is 0 Å². The molecule has 1 aromatic rings. The standard InChI is InChI=1S/C15H19NO2S/c1-16(15(18)13-5-2-3-6-13)10-12-9-14(19-11-12)7-4-8-17/h9,11,13,17H,2-3,5-6,8,10H2,1H3. The molecule has 1 aliphatic carbocycles. The summed E-state index contributed by atoms with van der Waals surface area (Å²) >= 11 is 1.55. The van der Waals surface area contributed by atoms with Gasteiger partial charge in [-0.3, -0.25) is 4.79 Å². The predicted molar refractivity (Wildman–Crippen MR) is 76.7 cm³/mol. The number of carbonyl (C=O) groups is 1. The van der Waals surface area contributed by atoms with Gasteiger partial charge in [0.1, 0.15) is 6.61 Å². The fraction of sp³-hybridized carbons (Fsp3) is 0.533. The van der Waals surface area contributed by atoms with Crippen molar-refractivity contribution in [2.45, 2.75) is 32.2 Å². The lowest BCUT2D eigenvalue weighted by atomic mass is 10.1. The zero-order valence-electron chi connectivity index (χ0n) is 11.2. The van der Waals surface area contributed by atoms with Crippen LogP contribution in [-0.2, 0) is 11.3 Å². The molecule has 1 aliphatic rings. The van der Waals surface area contributed by atoms with Crippen LogP contribution in [0.5, 0.6) is 0 Å². The maximum Gasteiger partial charge on any atom is 0.225 e. The number of thiophene rings is 1. The van der Waals surface area contributed by atoms with E-state index in [1.54, 1.807) is 11.3 Å². The summed E-state index contributed by atoms with van der Waals surface area (Å²) in [6, 6.07) is 1.99. The van der Waals surface area contributed by atoms with Gasteiger partial charge in [-0.15, -0.1) is 11.3 Å². The Kier molecular flexibility index (Phi) is 5.00. The summed E-state index contributed by atoms with van der Waals surface area (Å²) in [6.07, 6.45) is 4.45. The highest BCUT2D eigenvalue weighted by Gasteiger charge is 2.25. The van der Waals surface area contributed by atoms with Crippen molar-refractivity contribution in [3.8, 4) is 11.8 Å². The number of aliphatic hydroxyl groups excluding tert-OH is 1. The zero-order chi connectivity index (χ0) is 13.7. The molecule has 0 bridgehead atoms. The van der Waals surface area contributed by atoms with Crippen LogP contribution in [0, 0.1) is 17.8 Å². The summed E-state index contributed by atoms with van der Waals surface area (Å²) in [4.78, 5) is 15.0. The number of nitrogens with zero attached hydrogens (tertiary/aromatic N) is 1. The Bertz CT molecular complexity index is 492. The van der Waals surface area contributed by atoms with Crippen LogP contribution in [0.2, 0.25) is 0 Å². The van der Waals surface area contributed by atoms with E-state index in [9.17, 15) is 4.79 Å². The van der Waals surface area contributed by atoms with E-state index in [1.807, 2.05) is 23.4 Å². The lowest BCUT2D eigenvalue weighted by Gasteiger charge is -2.20. The van der Waals surface area contributed by atoms with Crippen molar-refractivity contribution in [1.82, 2.24) is 4.90 Å². The van der Waals surface area contributed by atoms with Gasteiger partial charge in [-0.1, -0.05) is 24.7 Å². The van der Waals surface area contributed by atoms with Crippen molar-refractivity contribution in [3.63, 3.8) is 0 Å². The van der Waals surface area contributed by atoms with Crippen LogP contribution in [0.15, 0.2) is 11.4 Å². The first kappa shape index (κ1) is 14.1. The van der Waals surface area contributed by atoms with Crippen LogP contribution in [0.4, 0.5) is 0 Å². The number of carbonyl (C=O) groups excluding carboxylic acids is 1. The van der Waals surface area contributed by atoms with E-state index >= 15 is 0 Å². The second-order valence-corrected chi connectivity index (χ2v) is 5.87. The minimum atomic E-state index is -0.118. The van der Waals surface area contributed by atoms with E-state index in [1.165, 1.54) is 12.8 Å². The van der Waals surface area contributed by atoms with Crippen molar-refractivity contribution in [1.29, 1.82) is 0 Å². The van der Waals surface area contributed by atoms with E-state index in [0.29, 0.717) is 6.54 Å². The SMILES string of the molecule is CN(Cc1csc(C#CCO)c1)C(=O)C1CCCC1. The van der Waals surface area contributed by atoms with Crippen LogP contribution in [-0.4, -0.2) is 29.6 Å². The first-order valence-corrected chi connectivity index (χ1v) is 7.51. The number of hydrogen-bond acceptors (Lipinski definition) is 3. The molecule has 0 aliphatic heterocycles. The maximum atomic E-state index is 12.2. The van der Waals surface area contributed by atoms with E-state index in [-0.39, 0.29) is 18.4 Å². The monoisotopic (exact) mass is 277 g/mol. The molecule has 0 radical (unpaired) electrons. The lowest BCUT2D eigenvalue weighted by Crippen LogP contribution is -2.31. The number of hydrogen-bond donors (Lipinski definition) is 1. The molecule has 0 unspecified atom stereocenters. The Morgan fingerprint density at radius 1 is 1.53 bits per heavy atom. The average molecular weight is 277 g/mol. The van der Waals surface area contributed by atoms with Crippen LogP contribution >= 0.6 is 11.3 Å². The topological polar surface area (TPSA) is 40.5 Å². The largest absolute Gasteiger partial charge is 0.384 e. The number of amides is 1. The Hall–Kier alpha value is -1.31. The third-order valence-electron chi connectivity index (χ3n) is 3.44. The molecule has 1 aromatic heterocycles. The molecule has 3 nitrogen and oxygen atoms in total. The van der Waals surface area contributed by atoms with Crippen molar-refractivity contribution in [3.05, 3.63) is 21.9 Å². The van der Waals surface area contributed by atoms with Crippen LogP contribution < -0.4 is 0 Å². The molecule has 102 valence electrons. The third kappa shape index (κ3) is 3.82. The summed E-state index contributed by atoms with van der Waals surface area (Å²) < 4.78 is 0. The van der Waals surface area contributed by atoms with Gasteiger partial charge in [0.15, 0.2) is 0 Å². The van der Waals surface area contributed by atoms with Crippen molar-refractivity contribution in [2.24, 2.45) is 5.92 Å². The highest BCUT2D eigenvalue weighted by molar-refractivity contribution is 7.10. The molecule has 0 saturated heterocycles. The fourth-order valence-corrected chi connectivity index (χ4v) is 3.26. The van der Waals surface area contributed by atoms with Crippen LogP contribution in [0.25, 0.3) is 0 Å². The predicted octanol–water partition coefficient (Wildman–Crippen LogP) is 2.24. The van der Waals surface area contributed by atoms with Gasteiger partial charge in [-0.05, 0) is 29.9 Å². The van der Waals surface area contributed by atoms with Crippen LogP contribution in [0.1, 0.15) is 36.1 Å². The second kappa shape index (κ2) is 6.74. The van der Waals surface area contributed by atoms with Crippen LogP contribution in [0.3, 0.4) is 0 Å². The normalized spacial score (nSPS) is 15.1. The lowest BCUT2D eigenvalue weighted by molar-refractivity contribution is -0.134. The minimum Gasteiger partial charge on any atom is -0.384 e. The number of aliphatic hydroxyl groups is 1. The Morgan fingerprint density at radius 3 is 2.95 bits per heavy atom. The van der Waals surface area contributed by atoms with E-state index in [0.717, 1.165) is 23.3 Å². The first-order chi connectivity index (χ1) is 9.20. The van der Waals surface area contributed by atoms with E-state index < -0.39 is 0 Å².